The van der Waals surface area contributed by atoms with E-state index in [2.05, 4.69) is 0 Å². The Morgan fingerprint density at radius 3 is 2.00 bits per heavy atom. The number of nitro benzene ring substituents is 1. The first-order valence-electron chi connectivity index (χ1n) is 5.67. The van der Waals surface area contributed by atoms with Gasteiger partial charge in [0.25, 0.3) is 5.69 Å². The minimum Gasteiger partial charge on any atom is -0.457 e. The van der Waals surface area contributed by atoms with Gasteiger partial charge in [0.15, 0.2) is 0 Å². The summed E-state index contributed by atoms with van der Waals surface area (Å²) in [5.41, 5.74) is -1.29. The van der Waals surface area contributed by atoms with Crippen LogP contribution in [-0.2, 0) is 6.18 Å². The van der Waals surface area contributed by atoms with Crippen LogP contribution in [0.5, 0.6) is 11.5 Å². The number of hydrogen-bond acceptors (Lipinski definition) is 3. The largest absolute Gasteiger partial charge is 0.457 e. The minimum absolute atomic E-state index is 0.0444. The monoisotopic (exact) mass is 351 g/mol. The van der Waals surface area contributed by atoms with Gasteiger partial charge < -0.3 is 4.74 Å². The second kappa shape index (κ2) is 6.02. The number of ether oxygens (including phenoxy) is 1. The van der Waals surface area contributed by atoms with Gasteiger partial charge >= 0.3 is 6.18 Å². The first-order valence-corrected chi connectivity index (χ1v) is 6.42. The highest BCUT2D eigenvalue weighted by Crippen LogP contribution is 2.38. The van der Waals surface area contributed by atoms with E-state index in [-0.39, 0.29) is 22.2 Å². The molecule has 0 aliphatic rings. The fraction of sp³-hybridized carbons (Fsp3) is 0.0769. The van der Waals surface area contributed by atoms with Gasteiger partial charge in [-0.15, -0.1) is 0 Å². The van der Waals surface area contributed by atoms with Crippen molar-refractivity contribution in [3.05, 3.63) is 62.1 Å². The van der Waals surface area contributed by atoms with Gasteiger partial charge in [0, 0.05) is 18.2 Å². The van der Waals surface area contributed by atoms with Gasteiger partial charge in [-0.1, -0.05) is 23.2 Å². The molecule has 0 aromatic heterocycles. The van der Waals surface area contributed by atoms with Crippen molar-refractivity contribution in [2.24, 2.45) is 0 Å². The second-order valence-electron chi connectivity index (χ2n) is 4.11. The lowest BCUT2D eigenvalue weighted by Gasteiger charge is -2.11. The third-order valence-corrected chi connectivity index (χ3v) is 3.21. The van der Waals surface area contributed by atoms with Crippen molar-refractivity contribution in [1.29, 1.82) is 0 Å². The van der Waals surface area contributed by atoms with Crippen molar-refractivity contribution >= 4 is 28.9 Å². The molecular weight excluding hydrogens is 346 g/mol. The molecule has 116 valence electrons. The Bertz CT molecular complexity index is 735. The smallest absolute Gasteiger partial charge is 0.417 e. The molecule has 22 heavy (non-hydrogen) atoms. The average Bonchev–Trinajstić information content (AvgIpc) is 2.36. The molecule has 0 unspecified atom stereocenters. The molecule has 0 spiro atoms. The van der Waals surface area contributed by atoms with Crippen LogP contribution in [0, 0.1) is 10.1 Å². The average molecular weight is 352 g/mol. The quantitative estimate of drug-likeness (QED) is 0.525. The highest BCUT2D eigenvalue weighted by molar-refractivity contribution is 6.32. The number of nitrogens with zero attached hydrogens (tertiary/aromatic N) is 1. The molecule has 0 bridgehead atoms. The summed E-state index contributed by atoms with van der Waals surface area (Å²) in [6.45, 7) is 0. The molecule has 0 saturated carbocycles. The zero-order valence-corrected chi connectivity index (χ0v) is 12.0. The van der Waals surface area contributed by atoms with Crippen LogP contribution in [-0.4, -0.2) is 4.92 Å². The Kier molecular flexibility index (Phi) is 4.48. The van der Waals surface area contributed by atoms with E-state index in [1.54, 1.807) is 0 Å². The third kappa shape index (κ3) is 3.61. The van der Waals surface area contributed by atoms with Crippen LogP contribution >= 0.6 is 23.2 Å². The number of benzene rings is 2. The molecule has 0 atom stereocenters. The van der Waals surface area contributed by atoms with E-state index in [0.29, 0.717) is 0 Å². The van der Waals surface area contributed by atoms with Gasteiger partial charge in [0.05, 0.1) is 15.5 Å². The maximum atomic E-state index is 12.6. The Balaban J connectivity index is 2.27. The molecule has 2 aromatic carbocycles. The number of rotatable bonds is 3. The first-order chi connectivity index (χ1) is 10.2. The summed E-state index contributed by atoms with van der Waals surface area (Å²) in [5.74, 6) is 0.175. The Hall–Kier alpha value is -1.99. The van der Waals surface area contributed by atoms with E-state index < -0.39 is 21.7 Å². The molecule has 0 radical (unpaired) electrons. The second-order valence-corrected chi connectivity index (χ2v) is 4.93. The highest BCUT2D eigenvalue weighted by Gasteiger charge is 2.33. The predicted molar refractivity (Wildman–Crippen MR) is 74.6 cm³/mol. The van der Waals surface area contributed by atoms with Crippen molar-refractivity contribution in [3.8, 4) is 11.5 Å². The highest BCUT2D eigenvalue weighted by atomic mass is 35.5. The predicted octanol–water partition coefficient (Wildman–Crippen LogP) is 5.71. The van der Waals surface area contributed by atoms with Crippen LogP contribution < -0.4 is 4.74 Å². The maximum Gasteiger partial charge on any atom is 0.417 e. The van der Waals surface area contributed by atoms with Crippen LogP contribution in [0.1, 0.15) is 5.56 Å². The fourth-order valence-corrected chi connectivity index (χ4v) is 2.14. The summed E-state index contributed by atoms with van der Waals surface area (Å²) < 4.78 is 43.0. The van der Waals surface area contributed by atoms with E-state index in [0.717, 1.165) is 24.3 Å². The van der Waals surface area contributed by atoms with Gasteiger partial charge in [0.2, 0.25) is 0 Å². The van der Waals surface area contributed by atoms with Crippen molar-refractivity contribution in [2.75, 3.05) is 0 Å². The number of nitro groups is 1. The lowest BCUT2D eigenvalue weighted by molar-refractivity contribution is -0.384. The fourth-order valence-electron chi connectivity index (χ4n) is 1.62. The van der Waals surface area contributed by atoms with Gasteiger partial charge in [-0.2, -0.15) is 13.2 Å². The van der Waals surface area contributed by atoms with E-state index in [1.165, 1.54) is 12.1 Å². The van der Waals surface area contributed by atoms with E-state index in [4.69, 9.17) is 27.9 Å². The molecule has 9 heteroatoms. The van der Waals surface area contributed by atoms with Crippen LogP contribution in [0.2, 0.25) is 10.0 Å². The molecule has 0 heterocycles. The van der Waals surface area contributed by atoms with Gasteiger partial charge in [0.1, 0.15) is 16.5 Å². The van der Waals surface area contributed by atoms with E-state index >= 15 is 0 Å². The summed E-state index contributed by atoms with van der Waals surface area (Å²) in [6.07, 6.45) is -4.56. The Morgan fingerprint density at radius 1 is 1.00 bits per heavy atom. The summed E-state index contributed by atoms with van der Waals surface area (Å²) in [4.78, 5) is 9.96. The summed E-state index contributed by atoms with van der Waals surface area (Å²) >= 11 is 11.3. The van der Waals surface area contributed by atoms with Gasteiger partial charge in [-0.25, -0.2) is 0 Å². The summed E-state index contributed by atoms with van der Waals surface area (Å²) in [7, 11) is 0. The Morgan fingerprint density at radius 2 is 1.55 bits per heavy atom. The van der Waals surface area contributed by atoms with Crippen molar-refractivity contribution < 1.29 is 22.8 Å². The third-order valence-electron chi connectivity index (χ3n) is 2.60. The summed E-state index contributed by atoms with van der Waals surface area (Å²) in [6, 6.07) is 6.46. The molecule has 0 saturated heterocycles. The minimum atomic E-state index is -4.56. The molecule has 0 N–H and O–H groups in total. The number of alkyl halides is 3. The zero-order chi connectivity index (χ0) is 16.5. The normalized spacial score (nSPS) is 11.3. The topological polar surface area (TPSA) is 52.4 Å². The molecular formula is C13H6Cl2F3NO3. The van der Waals surface area contributed by atoms with Crippen molar-refractivity contribution in [1.82, 2.24) is 0 Å². The lowest BCUT2D eigenvalue weighted by Crippen LogP contribution is -2.05. The molecule has 0 aliphatic carbocycles. The van der Waals surface area contributed by atoms with Crippen LogP contribution in [0.25, 0.3) is 0 Å². The molecule has 2 aromatic rings. The van der Waals surface area contributed by atoms with Crippen LogP contribution in [0.3, 0.4) is 0 Å². The molecule has 0 aliphatic heterocycles. The van der Waals surface area contributed by atoms with E-state index in [1.807, 2.05) is 0 Å². The van der Waals surface area contributed by atoms with Crippen LogP contribution in [0.4, 0.5) is 18.9 Å². The van der Waals surface area contributed by atoms with Gasteiger partial charge in [-0.3, -0.25) is 10.1 Å². The number of halogens is 5. The van der Waals surface area contributed by atoms with Crippen LogP contribution in [0.15, 0.2) is 36.4 Å². The van der Waals surface area contributed by atoms with Crippen molar-refractivity contribution in [3.63, 3.8) is 0 Å². The number of hydrogen-bond donors (Lipinski definition) is 0. The molecule has 0 amide bonds. The van der Waals surface area contributed by atoms with Crippen molar-refractivity contribution in [2.45, 2.75) is 6.18 Å². The van der Waals surface area contributed by atoms with Gasteiger partial charge in [-0.05, 0) is 18.2 Å². The lowest BCUT2D eigenvalue weighted by atomic mass is 10.2. The molecule has 4 nitrogen and oxygen atoms in total. The SMILES string of the molecule is O=[N+]([O-])c1ccc(Oc2ccc(C(F)(F)F)c(Cl)c2)cc1Cl. The Labute approximate surface area is 132 Å². The first kappa shape index (κ1) is 16.4. The molecule has 0 fully saturated rings. The zero-order valence-electron chi connectivity index (χ0n) is 10.5. The van der Waals surface area contributed by atoms with E-state index in [9.17, 15) is 23.3 Å². The molecule has 2 rings (SSSR count). The maximum absolute atomic E-state index is 12.6. The summed E-state index contributed by atoms with van der Waals surface area (Å²) in [5, 5.41) is 9.96. The standard InChI is InChI=1S/C13H6Cl2F3NO3/c14-10-5-7(1-3-9(10)13(16,17)18)22-8-2-4-12(19(20)21)11(15)6-8/h1-6H.